The van der Waals surface area contributed by atoms with E-state index in [1.807, 2.05) is 13.8 Å². The summed E-state index contributed by atoms with van der Waals surface area (Å²) in [5.41, 5.74) is 0. The molecule has 0 aromatic carbocycles. The van der Waals surface area contributed by atoms with E-state index >= 15 is 0 Å². The van der Waals surface area contributed by atoms with Gasteiger partial charge < -0.3 is 4.55 Å². The third-order valence-electron chi connectivity index (χ3n) is 1.04. The molecule has 1 atom stereocenters. The summed E-state index contributed by atoms with van der Waals surface area (Å²) in [5, 5.41) is 0. The second-order valence-corrected chi connectivity index (χ2v) is 2.69. The van der Waals surface area contributed by atoms with Crippen LogP contribution in [-0.2, 0) is 11.3 Å². The topological polar surface area (TPSA) is 43.4 Å². The largest absolute Gasteiger partial charge is 0.760 e. The van der Waals surface area contributed by atoms with Crippen LogP contribution in [0.25, 0.3) is 0 Å². The van der Waals surface area contributed by atoms with Gasteiger partial charge in [-0.2, -0.15) is 0 Å². The lowest BCUT2D eigenvalue weighted by Gasteiger charge is -2.20. The zero-order valence-electron chi connectivity index (χ0n) is 5.79. The van der Waals surface area contributed by atoms with E-state index in [1.54, 1.807) is 0 Å². The average molecular weight is 150 g/mol. The van der Waals surface area contributed by atoms with Crippen LogP contribution in [0.4, 0.5) is 0 Å². The molecule has 0 radical (unpaired) electrons. The molecule has 0 N–H and O–H groups in total. The molecule has 0 saturated carbocycles. The van der Waals surface area contributed by atoms with Gasteiger partial charge in [0.1, 0.15) is 0 Å². The Bertz CT molecular complexity index is 97.0. The fourth-order valence-electron chi connectivity index (χ4n) is 0.587. The molecule has 3 nitrogen and oxygen atoms in total. The van der Waals surface area contributed by atoms with Crippen LogP contribution in [0.15, 0.2) is 0 Å². The van der Waals surface area contributed by atoms with Gasteiger partial charge in [-0.05, 0) is 6.42 Å². The van der Waals surface area contributed by atoms with Crippen LogP contribution < -0.4 is 0 Å². The zero-order valence-corrected chi connectivity index (χ0v) is 6.61. The van der Waals surface area contributed by atoms with Gasteiger partial charge in [-0.15, -0.1) is 0 Å². The minimum Gasteiger partial charge on any atom is -0.760 e. The highest BCUT2D eigenvalue weighted by molar-refractivity contribution is 7.76. The molecule has 0 saturated heterocycles. The predicted octanol–water partition coefficient (Wildman–Crippen LogP) is 0.512. The first-order chi connectivity index (χ1) is 4.22. The fraction of sp³-hybridized carbons (Fsp3) is 1.00. The van der Waals surface area contributed by atoms with Gasteiger partial charge in [-0.25, -0.2) is 4.31 Å². The van der Waals surface area contributed by atoms with E-state index in [9.17, 15) is 8.76 Å². The Balaban J connectivity index is 3.54. The van der Waals surface area contributed by atoms with Gasteiger partial charge in [0.05, 0.1) is 0 Å². The Morgan fingerprint density at radius 2 is 2.11 bits per heavy atom. The lowest BCUT2D eigenvalue weighted by molar-refractivity contribution is 0.400. The standard InChI is InChI=1S/C5H13NO2S/c1-3-5-6(4-2)9(7)8/h3-5H2,1-2H3,(H,7,8)/p-1. The van der Waals surface area contributed by atoms with Crippen molar-refractivity contribution in [2.75, 3.05) is 13.1 Å². The maximum absolute atomic E-state index is 10.2. The van der Waals surface area contributed by atoms with Gasteiger partial charge >= 0.3 is 0 Å². The van der Waals surface area contributed by atoms with E-state index in [4.69, 9.17) is 0 Å². The highest BCUT2D eigenvalue weighted by atomic mass is 32.2. The molecule has 0 spiro atoms. The van der Waals surface area contributed by atoms with Crippen molar-refractivity contribution in [3.8, 4) is 0 Å². The second kappa shape index (κ2) is 4.90. The van der Waals surface area contributed by atoms with E-state index in [0.717, 1.165) is 6.42 Å². The van der Waals surface area contributed by atoms with E-state index < -0.39 is 11.3 Å². The van der Waals surface area contributed by atoms with Gasteiger partial charge in [0.2, 0.25) is 0 Å². The highest BCUT2D eigenvalue weighted by Gasteiger charge is 1.97. The molecule has 4 heteroatoms. The van der Waals surface area contributed by atoms with Crippen molar-refractivity contribution in [2.45, 2.75) is 20.3 Å². The molecule has 0 fully saturated rings. The van der Waals surface area contributed by atoms with Gasteiger partial charge in [0.15, 0.2) is 0 Å². The SMILES string of the molecule is CCCN(CC)S(=O)[O-]. The van der Waals surface area contributed by atoms with E-state index in [-0.39, 0.29) is 0 Å². The van der Waals surface area contributed by atoms with Crippen LogP contribution in [0.2, 0.25) is 0 Å². The molecule has 0 aromatic rings. The maximum Gasteiger partial charge on any atom is 0.0209 e. The molecule has 0 rings (SSSR count). The Hall–Kier alpha value is 0.0700. The van der Waals surface area contributed by atoms with Gasteiger partial charge in [-0.1, -0.05) is 13.8 Å². The number of rotatable bonds is 4. The predicted molar refractivity (Wildman–Crippen MR) is 36.5 cm³/mol. The first-order valence-electron chi connectivity index (χ1n) is 3.06. The van der Waals surface area contributed by atoms with E-state index in [2.05, 4.69) is 0 Å². The van der Waals surface area contributed by atoms with Crippen molar-refractivity contribution in [2.24, 2.45) is 0 Å². The molecule has 1 unspecified atom stereocenters. The van der Waals surface area contributed by atoms with Crippen LogP contribution in [0.5, 0.6) is 0 Å². The summed E-state index contributed by atoms with van der Waals surface area (Å²) in [6, 6.07) is 0. The molecule has 0 bridgehead atoms. The zero-order chi connectivity index (χ0) is 7.28. The van der Waals surface area contributed by atoms with Crippen molar-refractivity contribution >= 4 is 11.3 Å². The first kappa shape index (κ1) is 9.07. The second-order valence-electron chi connectivity index (χ2n) is 1.74. The molecule has 0 aliphatic carbocycles. The van der Waals surface area contributed by atoms with Crippen LogP contribution in [-0.4, -0.2) is 26.2 Å². The van der Waals surface area contributed by atoms with Crippen molar-refractivity contribution in [3.05, 3.63) is 0 Å². The van der Waals surface area contributed by atoms with E-state index in [0.29, 0.717) is 13.1 Å². The molecule has 0 heterocycles. The fourth-order valence-corrected chi connectivity index (χ4v) is 1.13. The molecule has 0 aliphatic heterocycles. The lowest BCUT2D eigenvalue weighted by Crippen LogP contribution is -2.25. The van der Waals surface area contributed by atoms with Crippen LogP contribution >= 0.6 is 0 Å². The Labute approximate surface area is 58.5 Å². The summed E-state index contributed by atoms with van der Waals surface area (Å²) in [6.45, 7) is 4.98. The van der Waals surface area contributed by atoms with Crippen LogP contribution in [0, 0.1) is 0 Å². The first-order valence-corrected chi connectivity index (χ1v) is 4.09. The van der Waals surface area contributed by atoms with Gasteiger partial charge in [0.25, 0.3) is 0 Å². The minimum absolute atomic E-state index is 0.573. The van der Waals surface area contributed by atoms with E-state index in [1.165, 1.54) is 4.31 Å². The van der Waals surface area contributed by atoms with Gasteiger partial charge in [-0.3, -0.25) is 4.21 Å². The quantitative estimate of drug-likeness (QED) is 0.548. The van der Waals surface area contributed by atoms with Crippen LogP contribution in [0.1, 0.15) is 20.3 Å². The normalized spacial score (nSPS) is 14.2. The molecule has 56 valence electrons. The Morgan fingerprint density at radius 1 is 1.56 bits per heavy atom. The highest BCUT2D eigenvalue weighted by Crippen LogP contribution is 1.92. The summed E-state index contributed by atoms with van der Waals surface area (Å²) in [6.07, 6.45) is 0.877. The van der Waals surface area contributed by atoms with Crippen molar-refractivity contribution < 1.29 is 8.76 Å². The number of hydrogen-bond donors (Lipinski definition) is 0. The molecular weight excluding hydrogens is 138 g/mol. The van der Waals surface area contributed by atoms with Crippen LogP contribution in [0.3, 0.4) is 0 Å². The molecule has 0 aliphatic rings. The lowest BCUT2D eigenvalue weighted by atomic mass is 10.5. The average Bonchev–Trinajstić information content (AvgIpc) is 1.82. The Kier molecular flexibility index (Phi) is 4.94. The molecular formula is C5H12NO2S-. The number of hydrogen-bond acceptors (Lipinski definition) is 2. The maximum atomic E-state index is 10.2. The molecule has 0 aromatic heterocycles. The smallest absolute Gasteiger partial charge is 0.0209 e. The third kappa shape index (κ3) is 3.61. The monoisotopic (exact) mass is 150 g/mol. The molecule has 0 amide bonds. The van der Waals surface area contributed by atoms with Crippen molar-refractivity contribution in [1.82, 2.24) is 4.31 Å². The summed E-state index contributed by atoms with van der Waals surface area (Å²) in [5.74, 6) is 0. The Morgan fingerprint density at radius 3 is 2.22 bits per heavy atom. The summed E-state index contributed by atoms with van der Waals surface area (Å²) < 4.78 is 21.9. The summed E-state index contributed by atoms with van der Waals surface area (Å²) in [4.78, 5) is 0. The third-order valence-corrected chi connectivity index (χ3v) is 1.90. The number of nitrogens with zero attached hydrogens (tertiary/aromatic N) is 1. The van der Waals surface area contributed by atoms with Crippen molar-refractivity contribution in [1.29, 1.82) is 0 Å². The van der Waals surface area contributed by atoms with Crippen molar-refractivity contribution in [3.63, 3.8) is 0 Å². The minimum atomic E-state index is -2.02. The van der Waals surface area contributed by atoms with Gasteiger partial charge in [0, 0.05) is 24.4 Å². The summed E-state index contributed by atoms with van der Waals surface area (Å²) >= 11 is -2.02. The molecule has 9 heavy (non-hydrogen) atoms. The summed E-state index contributed by atoms with van der Waals surface area (Å²) in [7, 11) is 0.